The number of ether oxygens (including phenoxy) is 1. The van der Waals surface area contributed by atoms with Crippen LogP contribution in [0.2, 0.25) is 0 Å². The van der Waals surface area contributed by atoms with Gasteiger partial charge in [-0.25, -0.2) is 4.98 Å². The van der Waals surface area contributed by atoms with Crippen molar-refractivity contribution in [2.45, 2.75) is 13.1 Å². The lowest BCUT2D eigenvalue weighted by Gasteiger charge is -2.06. The minimum Gasteiger partial charge on any atom is -0.497 e. The van der Waals surface area contributed by atoms with Crippen molar-refractivity contribution in [3.63, 3.8) is 0 Å². The standard InChI is InChI=1S/C12H14N6O/c1-19-9-2-3-11-10(8-9)15-12(13)18(11)7-6-17-5-4-14-16-17/h2-5,8H,6-7H2,1H3,(H2,13,15). The fraction of sp³-hybridized carbons (Fsp3) is 0.250. The SMILES string of the molecule is COc1ccc2c(c1)nc(N)n2CCn1ccnn1. The topological polar surface area (TPSA) is 83.8 Å². The predicted molar refractivity (Wildman–Crippen MR) is 70.7 cm³/mol. The van der Waals surface area contributed by atoms with Gasteiger partial charge in [-0.05, 0) is 12.1 Å². The lowest BCUT2D eigenvalue weighted by Crippen LogP contribution is -2.10. The molecule has 0 saturated carbocycles. The monoisotopic (exact) mass is 258 g/mol. The van der Waals surface area contributed by atoms with Gasteiger partial charge in [0.05, 0.1) is 30.9 Å². The Morgan fingerprint density at radius 1 is 1.32 bits per heavy atom. The quantitative estimate of drug-likeness (QED) is 0.752. The number of hydrogen-bond donors (Lipinski definition) is 1. The summed E-state index contributed by atoms with van der Waals surface area (Å²) in [4.78, 5) is 4.34. The van der Waals surface area contributed by atoms with Crippen LogP contribution in [0, 0.1) is 0 Å². The van der Waals surface area contributed by atoms with E-state index in [0.717, 1.165) is 16.8 Å². The number of nitrogens with two attached hydrogens (primary N) is 1. The van der Waals surface area contributed by atoms with Crippen LogP contribution < -0.4 is 10.5 Å². The van der Waals surface area contributed by atoms with E-state index in [4.69, 9.17) is 10.5 Å². The zero-order valence-electron chi connectivity index (χ0n) is 10.5. The predicted octanol–water partition coefficient (Wildman–Crippen LogP) is 0.919. The van der Waals surface area contributed by atoms with Crippen LogP contribution in [0.5, 0.6) is 5.75 Å². The van der Waals surface area contributed by atoms with Gasteiger partial charge in [0.1, 0.15) is 5.75 Å². The number of aryl methyl sites for hydroxylation is 2. The number of anilines is 1. The molecule has 0 radical (unpaired) electrons. The summed E-state index contributed by atoms with van der Waals surface area (Å²) in [5.74, 6) is 1.26. The summed E-state index contributed by atoms with van der Waals surface area (Å²) in [5, 5.41) is 7.69. The Kier molecular flexibility index (Phi) is 2.79. The number of nitrogen functional groups attached to an aromatic ring is 1. The third-order valence-electron chi connectivity index (χ3n) is 3.01. The van der Waals surface area contributed by atoms with E-state index >= 15 is 0 Å². The molecule has 7 nitrogen and oxygen atoms in total. The third-order valence-corrected chi connectivity index (χ3v) is 3.01. The lowest BCUT2D eigenvalue weighted by atomic mass is 10.3. The maximum absolute atomic E-state index is 5.95. The van der Waals surface area contributed by atoms with Crippen LogP contribution in [0.4, 0.5) is 5.95 Å². The molecule has 1 aromatic carbocycles. The number of fused-ring (bicyclic) bond motifs is 1. The molecule has 0 saturated heterocycles. The smallest absolute Gasteiger partial charge is 0.201 e. The maximum atomic E-state index is 5.95. The normalized spacial score (nSPS) is 11.0. The first-order valence-corrected chi connectivity index (χ1v) is 5.92. The summed E-state index contributed by atoms with van der Waals surface area (Å²) in [6, 6.07) is 5.73. The van der Waals surface area contributed by atoms with Crippen LogP contribution in [0.25, 0.3) is 11.0 Å². The van der Waals surface area contributed by atoms with E-state index in [2.05, 4.69) is 15.3 Å². The molecule has 3 aromatic rings. The van der Waals surface area contributed by atoms with Crippen LogP contribution in [0.3, 0.4) is 0 Å². The van der Waals surface area contributed by atoms with Crippen LogP contribution in [0.15, 0.2) is 30.6 Å². The molecule has 0 atom stereocenters. The molecular formula is C12H14N6O. The van der Waals surface area contributed by atoms with Gasteiger partial charge in [-0.2, -0.15) is 0 Å². The average molecular weight is 258 g/mol. The van der Waals surface area contributed by atoms with Crippen molar-refractivity contribution >= 4 is 17.0 Å². The summed E-state index contributed by atoms with van der Waals surface area (Å²) < 4.78 is 8.89. The molecule has 19 heavy (non-hydrogen) atoms. The van der Waals surface area contributed by atoms with Crippen molar-refractivity contribution < 1.29 is 4.74 Å². The van der Waals surface area contributed by atoms with E-state index in [0.29, 0.717) is 19.0 Å². The molecule has 0 spiro atoms. The number of hydrogen-bond acceptors (Lipinski definition) is 5. The Morgan fingerprint density at radius 3 is 2.95 bits per heavy atom. The molecule has 3 rings (SSSR count). The Hall–Kier alpha value is -2.57. The second-order valence-corrected chi connectivity index (χ2v) is 4.14. The summed E-state index contributed by atoms with van der Waals surface area (Å²) in [5.41, 5.74) is 7.76. The maximum Gasteiger partial charge on any atom is 0.201 e. The highest BCUT2D eigenvalue weighted by atomic mass is 16.5. The molecule has 0 unspecified atom stereocenters. The highest BCUT2D eigenvalue weighted by Gasteiger charge is 2.09. The first kappa shape index (κ1) is 11.5. The van der Waals surface area contributed by atoms with Crippen molar-refractivity contribution in [1.82, 2.24) is 24.5 Å². The van der Waals surface area contributed by atoms with Gasteiger partial charge in [-0.1, -0.05) is 5.21 Å². The minimum absolute atomic E-state index is 0.489. The van der Waals surface area contributed by atoms with Gasteiger partial charge in [0.15, 0.2) is 0 Å². The molecule has 7 heteroatoms. The fourth-order valence-electron chi connectivity index (χ4n) is 2.04. The second kappa shape index (κ2) is 4.60. The largest absolute Gasteiger partial charge is 0.497 e. The molecule has 0 amide bonds. The minimum atomic E-state index is 0.489. The molecule has 2 heterocycles. The number of benzene rings is 1. The van der Waals surface area contributed by atoms with E-state index in [1.807, 2.05) is 29.0 Å². The Morgan fingerprint density at radius 2 is 2.21 bits per heavy atom. The Bertz CT molecular complexity index is 688. The highest BCUT2D eigenvalue weighted by Crippen LogP contribution is 2.22. The van der Waals surface area contributed by atoms with Gasteiger partial charge < -0.3 is 15.0 Å². The van der Waals surface area contributed by atoms with Gasteiger partial charge in [-0.15, -0.1) is 5.10 Å². The molecule has 0 bridgehead atoms. The van der Waals surface area contributed by atoms with Crippen molar-refractivity contribution in [3.05, 3.63) is 30.6 Å². The van der Waals surface area contributed by atoms with Crippen molar-refractivity contribution in [2.75, 3.05) is 12.8 Å². The van der Waals surface area contributed by atoms with Crippen LogP contribution in [-0.2, 0) is 13.1 Å². The summed E-state index contributed by atoms with van der Waals surface area (Å²) in [6.07, 6.45) is 3.47. The van der Waals surface area contributed by atoms with E-state index in [1.54, 1.807) is 18.0 Å². The van der Waals surface area contributed by atoms with E-state index in [-0.39, 0.29) is 0 Å². The molecule has 98 valence electrons. The molecule has 2 aromatic heterocycles. The van der Waals surface area contributed by atoms with Crippen molar-refractivity contribution in [1.29, 1.82) is 0 Å². The number of methoxy groups -OCH3 is 1. The van der Waals surface area contributed by atoms with E-state index < -0.39 is 0 Å². The van der Waals surface area contributed by atoms with Crippen molar-refractivity contribution in [2.24, 2.45) is 0 Å². The number of imidazole rings is 1. The number of rotatable bonds is 4. The van der Waals surface area contributed by atoms with Crippen LogP contribution >= 0.6 is 0 Å². The van der Waals surface area contributed by atoms with E-state index in [9.17, 15) is 0 Å². The summed E-state index contributed by atoms with van der Waals surface area (Å²) >= 11 is 0. The van der Waals surface area contributed by atoms with Gasteiger partial charge in [-0.3, -0.25) is 4.68 Å². The van der Waals surface area contributed by atoms with Gasteiger partial charge in [0.2, 0.25) is 5.95 Å². The Labute approximate surface area is 109 Å². The molecule has 2 N–H and O–H groups in total. The Balaban J connectivity index is 1.92. The first-order valence-electron chi connectivity index (χ1n) is 5.92. The second-order valence-electron chi connectivity index (χ2n) is 4.14. The summed E-state index contributed by atoms with van der Waals surface area (Å²) in [6.45, 7) is 1.39. The molecule has 0 aliphatic rings. The third kappa shape index (κ3) is 2.10. The fourth-order valence-corrected chi connectivity index (χ4v) is 2.04. The van der Waals surface area contributed by atoms with Crippen LogP contribution in [0.1, 0.15) is 0 Å². The lowest BCUT2D eigenvalue weighted by molar-refractivity contribution is 0.415. The van der Waals surface area contributed by atoms with Gasteiger partial charge >= 0.3 is 0 Å². The highest BCUT2D eigenvalue weighted by molar-refractivity contribution is 5.79. The number of aromatic nitrogens is 5. The number of nitrogens with zero attached hydrogens (tertiary/aromatic N) is 5. The van der Waals surface area contributed by atoms with E-state index in [1.165, 1.54) is 0 Å². The van der Waals surface area contributed by atoms with Gasteiger partial charge in [0.25, 0.3) is 0 Å². The first-order chi connectivity index (χ1) is 9.28. The molecule has 0 aliphatic heterocycles. The van der Waals surface area contributed by atoms with Crippen molar-refractivity contribution in [3.8, 4) is 5.75 Å². The van der Waals surface area contributed by atoms with Gasteiger partial charge in [0, 0.05) is 18.8 Å². The average Bonchev–Trinajstić information content (AvgIpc) is 3.02. The molecule has 0 fully saturated rings. The molecule has 0 aliphatic carbocycles. The summed E-state index contributed by atoms with van der Waals surface area (Å²) in [7, 11) is 1.63. The zero-order valence-corrected chi connectivity index (χ0v) is 10.5. The zero-order chi connectivity index (χ0) is 13.2. The molecular weight excluding hydrogens is 244 g/mol. The van der Waals surface area contributed by atoms with Crippen LogP contribution in [-0.4, -0.2) is 31.7 Å².